The minimum Gasteiger partial charge on any atom is -0.393 e. The molecule has 1 aliphatic heterocycles. The van der Waals surface area contributed by atoms with Crippen LogP contribution in [-0.2, 0) is 4.74 Å². The Hall–Kier alpha value is -3.62. The molecule has 6 atom stereocenters. The first-order chi connectivity index (χ1) is 22.5. The lowest BCUT2D eigenvalue weighted by atomic mass is 10.1. The van der Waals surface area contributed by atoms with Crippen molar-refractivity contribution in [2.75, 3.05) is 6.61 Å². The van der Waals surface area contributed by atoms with Gasteiger partial charge in [0.25, 0.3) is 0 Å². The zero-order chi connectivity index (χ0) is 37.1. The molecular formula is C42H64O5. The predicted molar refractivity (Wildman–Crippen MR) is 203 cm³/mol. The molecule has 4 N–H and O–H groups in total. The van der Waals surface area contributed by atoms with Crippen LogP contribution in [0.3, 0.4) is 0 Å². The lowest BCUT2D eigenvalue weighted by Crippen LogP contribution is -2.02. The molecule has 262 valence electrons. The van der Waals surface area contributed by atoms with E-state index in [1.165, 1.54) is 12.2 Å². The fraction of sp³-hybridized carbons (Fsp3) is 0.571. The molecule has 0 aliphatic carbocycles. The summed E-state index contributed by atoms with van der Waals surface area (Å²) < 4.78 is 4.92. The summed E-state index contributed by atoms with van der Waals surface area (Å²) in [4.78, 5) is 0. The van der Waals surface area contributed by atoms with E-state index in [-0.39, 0.29) is 12.2 Å². The third-order valence-corrected chi connectivity index (χ3v) is 6.06. The van der Waals surface area contributed by atoms with Gasteiger partial charge in [-0.1, -0.05) is 39.0 Å². The number of aliphatic hydroxyl groups is 4. The van der Waals surface area contributed by atoms with Crippen molar-refractivity contribution in [3.8, 4) is 74.1 Å². The van der Waals surface area contributed by atoms with Gasteiger partial charge in [0.15, 0.2) is 0 Å². The van der Waals surface area contributed by atoms with Gasteiger partial charge < -0.3 is 25.2 Å². The fourth-order valence-electron chi connectivity index (χ4n) is 2.51. The van der Waals surface area contributed by atoms with Crippen molar-refractivity contribution in [1.82, 2.24) is 0 Å². The normalized spacial score (nSPS) is 14.4. The molecule has 0 aromatic rings. The molecule has 0 amide bonds. The molecule has 0 saturated carbocycles. The third-order valence-electron chi connectivity index (χ3n) is 6.06. The van der Waals surface area contributed by atoms with Gasteiger partial charge >= 0.3 is 0 Å². The summed E-state index contributed by atoms with van der Waals surface area (Å²) in [5, 5.41) is 35.3. The number of hydrogen-bond donors (Lipinski definition) is 4. The van der Waals surface area contributed by atoms with E-state index in [2.05, 4.69) is 62.2 Å². The monoisotopic (exact) mass is 648 g/mol. The average molecular weight is 649 g/mol. The van der Waals surface area contributed by atoms with Gasteiger partial charge in [0, 0.05) is 38.5 Å². The smallest absolute Gasteiger partial charge is 0.0819 e. The molecule has 1 aliphatic rings. The molecule has 0 bridgehead atoms. The van der Waals surface area contributed by atoms with Gasteiger partial charge in [-0.05, 0) is 57.3 Å². The second-order valence-corrected chi connectivity index (χ2v) is 10.4. The molecule has 5 heteroatoms. The topological polar surface area (TPSA) is 93.5 Å². The van der Waals surface area contributed by atoms with Crippen LogP contribution in [0.1, 0.15) is 111 Å². The number of ether oxygens (including phenoxy) is 1. The number of allylic oxidation sites excluding steroid dienone is 1. The van der Waals surface area contributed by atoms with Gasteiger partial charge in [0.1, 0.15) is 0 Å². The minimum absolute atomic E-state index is 0.189. The van der Waals surface area contributed by atoms with Crippen LogP contribution in [0.4, 0.5) is 0 Å². The van der Waals surface area contributed by atoms with Gasteiger partial charge in [-0.25, -0.2) is 0 Å². The van der Waals surface area contributed by atoms with E-state index in [1.54, 1.807) is 0 Å². The molecule has 47 heavy (non-hydrogen) atoms. The minimum atomic E-state index is -0.425. The molecule has 0 aromatic carbocycles. The lowest BCUT2D eigenvalue weighted by Gasteiger charge is -2.01. The lowest BCUT2D eigenvalue weighted by molar-refractivity contribution is 0.162. The summed E-state index contributed by atoms with van der Waals surface area (Å²) in [7, 11) is 0. The second kappa shape index (κ2) is 46.8. The zero-order valence-corrected chi connectivity index (χ0v) is 29.6. The molecule has 0 spiro atoms. The van der Waals surface area contributed by atoms with Crippen molar-refractivity contribution in [3.63, 3.8) is 0 Å². The molecule has 1 fully saturated rings. The Bertz CT molecular complexity index is 861. The first-order valence-corrected chi connectivity index (χ1v) is 16.3. The van der Waals surface area contributed by atoms with Crippen molar-refractivity contribution < 1.29 is 25.2 Å². The summed E-state index contributed by atoms with van der Waals surface area (Å²) in [5.74, 6) is 15.5. The summed E-state index contributed by atoms with van der Waals surface area (Å²) in [6, 6.07) is 0. The van der Waals surface area contributed by atoms with Crippen molar-refractivity contribution in [2.45, 2.75) is 141 Å². The maximum atomic E-state index is 8.89. The molecule has 0 radical (unpaired) electrons. The molecule has 0 aromatic heterocycles. The van der Waals surface area contributed by atoms with Crippen LogP contribution >= 0.6 is 0 Å². The van der Waals surface area contributed by atoms with E-state index in [9.17, 15) is 0 Å². The molecule has 0 unspecified atom stereocenters. The van der Waals surface area contributed by atoms with Crippen LogP contribution < -0.4 is 0 Å². The van der Waals surface area contributed by atoms with E-state index in [0.717, 1.165) is 58.0 Å². The average Bonchev–Trinajstić information content (AvgIpc) is 3.94. The number of epoxide rings is 1. The highest BCUT2D eigenvalue weighted by molar-refractivity contribution is 4.89. The molecule has 1 saturated heterocycles. The number of rotatable bonds is 17. The maximum Gasteiger partial charge on any atom is 0.0819 e. The summed E-state index contributed by atoms with van der Waals surface area (Å²) >= 11 is 0. The van der Waals surface area contributed by atoms with Crippen LogP contribution in [0, 0.1) is 80.0 Å². The largest absolute Gasteiger partial charge is 0.393 e. The predicted octanol–water partition coefficient (Wildman–Crippen LogP) is 7.26. The van der Waals surface area contributed by atoms with Crippen LogP contribution in [0.15, 0.2) is 38.0 Å². The van der Waals surface area contributed by atoms with E-state index in [0.29, 0.717) is 50.5 Å². The highest BCUT2D eigenvalue weighted by Crippen LogP contribution is 2.14. The Morgan fingerprint density at radius 3 is 1.17 bits per heavy atom. The second-order valence-electron chi connectivity index (χ2n) is 10.4. The van der Waals surface area contributed by atoms with Gasteiger partial charge in [0.05, 0.1) is 37.1 Å². The Labute approximate surface area is 290 Å². The Morgan fingerprint density at radius 2 is 0.915 bits per heavy atom. The Kier molecular flexibility index (Phi) is 52.7. The SMILES string of the molecule is C#CCC[C@H](C)C=C.C#CCC[C@H](O)C=C.C#CCC[C@H](O)C=C.C#CCC[C@H](O)CC.C#CCC[C@H](O)CC.C#CCC[C@H]1CO1. The number of hydrogen-bond acceptors (Lipinski definition) is 5. The Balaban J connectivity index is -0.000000150. The first kappa shape index (κ1) is 52.9. The molecule has 5 nitrogen and oxygen atoms in total. The highest BCUT2D eigenvalue weighted by Gasteiger charge is 2.20. The maximum absolute atomic E-state index is 8.89. The zero-order valence-electron chi connectivity index (χ0n) is 29.6. The fourth-order valence-corrected chi connectivity index (χ4v) is 2.51. The Morgan fingerprint density at radius 1 is 0.596 bits per heavy atom. The van der Waals surface area contributed by atoms with E-state index in [4.69, 9.17) is 63.7 Å². The van der Waals surface area contributed by atoms with Crippen molar-refractivity contribution in [3.05, 3.63) is 38.0 Å². The van der Waals surface area contributed by atoms with Crippen molar-refractivity contribution >= 4 is 0 Å². The van der Waals surface area contributed by atoms with Crippen LogP contribution in [0.2, 0.25) is 0 Å². The van der Waals surface area contributed by atoms with E-state index >= 15 is 0 Å². The molecule has 1 heterocycles. The summed E-state index contributed by atoms with van der Waals surface area (Å²) in [5.41, 5.74) is 0. The summed E-state index contributed by atoms with van der Waals surface area (Å²) in [6.45, 7) is 17.4. The number of terminal acetylenes is 6. The van der Waals surface area contributed by atoms with Gasteiger partial charge in [-0.2, -0.15) is 0 Å². The van der Waals surface area contributed by atoms with Crippen molar-refractivity contribution in [2.24, 2.45) is 5.92 Å². The van der Waals surface area contributed by atoms with Crippen LogP contribution in [-0.4, -0.2) is 57.6 Å². The van der Waals surface area contributed by atoms with Gasteiger partial charge in [-0.15, -0.1) is 93.8 Å². The molecular weight excluding hydrogens is 584 g/mol. The van der Waals surface area contributed by atoms with E-state index in [1.807, 2.05) is 19.9 Å². The van der Waals surface area contributed by atoms with Gasteiger partial charge in [0.2, 0.25) is 0 Å². The quantitative estimate of drug-likeness (QED) is 0.0757. The van der Waals surface area contributed by atoms with Gasteiger partial charge in [-0.3, -0.25) is 0 Å². The number of aliphatic hydroxyl groups excluding tert-OH is 4. The molecule has 1 rings (SSSR count). The standard InChI is InChI=1S/C8H12.2C7H12O.2C7H10O.C6H8O/c1-4-6-7-8(3)5-2;4*1-3-5-6-7(8)4-2;1-2-3-4-6-5-7-6/h1,5,8H,2,6-7H2,3H3;2*1,7-8H,4-6H2,2H3;2*1,4,7-8H,2,5-6H2;1,6H,3-5H2/t8-;4*7-;6-/m111110/s1. The van der Waals surface area contributed by atoms with Crippen LogP contribution in [0.25, 0.3) is 0 Å². The highest BCUT2D eigenvalue weighted by atomic mass is 16.6. The summed E-state index contributed by atoms with van der Waals surface area (Å²) in [6.07, 6.45) is 44.9. The van der Waals surface area contributed by atoms with Crippen LogP contribution in [0.5, 0.6) is 0 Å². The van der Waals surface area contributed by atoms with E-state index < -0.39 is 12.2 Å². The third kappa shape index (κ3) is 62.0. The first-order valence-electron chi connectivity index (χ1n) is 16.3. The van der Waals surface area contributed by atoms with Crippen molar-refractivity contribution in [1.29, 1.82) is 0 Å².